The van der Waals surface area contributed by atoms with Gasteiger partial charge in [0.2, 0.25) is 5.91 Å². The summed E-state index contributed by atoms with van der Waals surface area (Å²) in [6, 6.07) is 14.4. The topological polar surface area (TPSA) is 47.6 Å². The normalized spacial score (nSPS) is 22.5. The first-order chi connectivity index (χ1) is 13.5. The van der Waals surface area contributed by atoms with E-state index in [-0.39, 0.29) is 18.0 Å². The lowest BCUT2D eigenvalue weighted by Gasteiger charge is -2.37. The van der Waals surface area contributed by atoms with Crippen LogP contribution < -0.4 is 15.8 Å². The van der Waals surface area contributed by atoms with Gasteiger partial charge in [-0.1, -0.05) is 35.4 Å². The molecule has 0 bridgehead atoms. The van der Waals surface area contributed by atoms with Crippen LogP contribution in [0.25, 0.3) is 0 Å². The van der Waals surface area contributed by atoms with E-state index in [2.05, 4.69) is 47.8 Å². The predicted octanol–water partition coefficient (Wildman–Crippen LogP) is 3.21. The third-order valence-corrected chi connectivity index (χ3v) is 6.04. The van der Waals surface area contributed by atoms with Gasteiger partial charge in [0, 0.05) is 42.9 Å². The fraction of sp³-hybridized carbons (Fsp3) is 0.409. The van der Waals surface area contributed by atoms with E-state index in [0.717, 1.165) is 43.3 Å². The number of hydrogen-bond acceptors (Lipinski definition) is 4. The van der Waals surface area contributed by atoms with Crippen LogP contribution >= 0.6 is 11.6 Å². The summed E-state index contributed by atoms with van der Waals surface area (Å²) in [6.45, 7) is 7.41. The summed E-state index contributed by atoms with van der Waals surface area (Å²) in [4.78, 5) is 17.3. The van der Waals surface area contributed by atoms with Gasteiger partial charge in [0.25, 0.3) is 0 Å². The second kappa shape index (κ2) is 8.11. The summed E-state index contributed by atoms with van der Waals surface area (Å²) < 4.78 is 0. The maximum atomic E-state index is 13.0. The van der Waals surface area contributed by atoms with Crippen LogP contribution in [0.2, 0.25) is 5.02 Å². The Bertz CT molecular complexity index is 846. The average molecular weight is 399 g/mol. The van der Waals surface area contributed by atoms with Crippen LogP contribution in [0.15, 0.2) is 42.5 Å². The van der Waals surface area contributed by atoms with E-state index < -0.39 is 0 Å². The van der Waals surface area contributed by atoms with Crippen LogP contribution in [0.3, 0.4) is 0 Å². The summed E-state index contributed by atoms with van der Waals surface area (Å²) in [7, 11) is 0. The van der Waals surface area contributed by atoms with Crippen molar-refractivity contribution in [3.05, 3.63) is 64.2 Å². The Morgan fingerprint density at radius 3 is 2.39 bits per heavy atom. The van der Waals surface area contributed by atoms with Crippen molar-refractivity contribution < 1.29 is 4.79 Å². The number of amides is 1. The van der Waals surface area contributed by atoms with Crippen molar-refractivity contribution in [1.82, 2.24) is 15.8 Å². The standard InChI is InChI=1S/C22H27ClN4O/c1-15-3-8-19(16(2)13-15)20-14-21(25-24-20)22(28)27-11-9-26(10-12-27)18-6-4-17(23)5-7-18/h3-8,13,20-21,24-25H,9-12,14H2,1-2H3. The Morgan fingerprint density at radius 1 is 1.00 bits per heavy atom. The number of aryl methyl sites for hydroxylation is 2. The predicted molar refractivity (Wildman–Crippen MR) is 114 cm³/mol. The Morgan fingerprint density at radius 2 is 1.71 bits per heavy atom. The number of halogens is 1. The zero-order chi connectivity index (χ0) is 19.7. The lowest BCUT2D eigenvalue weighted by atomic mass is 9.96. The van der Waals surface area contributed by atoms with Crippen LogP contribution in [0, 0.1) is 13.8 Å². The maximum absolute atomic E-state index is 13.0. The third-order valence-electron chi connectivity index (χ3n) is 5.79. The first-order valence-corrected chi connectivity index (χ1v) is 10.3. The Kier molecular flexibility index (Phi) is 5.58. The summed E-state index contributed by atoms with van der Waals surface area (Å²) in [6.07, 6.45) is 0.778. The molecule has 2 heterocycles. The Labute approximate surface area is 171 Å². The lowest BCUT2D eigenvalue weighted by molar-refractivity contribution is -0.133. The van der Waals surface area contributed by atoms with E-state index in [0.29, 0.717) is 0 Å². The number of hydrogen-bond donors (Lipinski definition) is 2. The molecule has 2 aliphatic rings. The minimum absolute atomic E-state index is 0.171. The second-order valence-electron chi connectivity index (χ2n) is 7.78. The molecule has 148 valence electrons. The van der Waals surface area contributed by atoms with Gasteiger partial charge in [0.1, 0.15) is 6.04 Å². The van der Waals surface area contributed by atoms with Gasteiger partial charge in [-0.15, -0.1) is 0 Å². The fourth-order valence-corrected chi connectivity index (χ4v) is 4.32. The number of anilines is 1. The smallest absolute Gasteiger partial charge is 0.241 e. The summed E-state index contributed by atoms with van der Waals surface area (Å²) in [5.74, 6) is 0.190. The Balaban J connectivity index is 1.34. The minimum Gasteiger partial charge on any atom is -0.368 e. The van der Waals surface area contributed by atoms with E-state index in [4.69, 9.17) is 11.6 Å². The van der Waals surface area contributed by atoms with Crippen LogP contribution in [-0.4, -0.2) is 43.0 Å². The molecule has 0 aliphatic carbocycles. The molecule has 4 rings (SSSR count). The molecule has 2 aromatic carbocycles. The maximum Gasteiger partial charge on any atom is 0.241 e. The first-order valence-electron chi connectivity index (χ1n) is 9.89. The molecule has 2 N–H and O–H groups in total. The second-order valence-corrected chi connectivity index (χ2v) is 8.21. The number of nitrogens with zero attached hydrogens (tertiary/aromatic N) is 2. The van der Waals surface area contributed by atoms with Crippen molar-refractivity contribution in [2.45, 2.75) is 32.4 Å². The van der Waals surface area contributed by atoms with Crippen molar-refractivity contribution in [3.8, 4) is 0 Å². The van der Waals surface area contributed by atoms with Crippen LogP contribution in [0.1, 0.15) is 29.2 Å². The fourth-order valence-electron chi connectivity index (χ4n) is 4.20. The van der Waals surface area contributed by atoms with E-state index in [1.165, 1.54) is 16.7 Å². The number of piperazine rings is 1. The number of benzene rings is 2. The lowest BCUT2D eigenvalue weighted by Crippen LogP contribution is -2.53. The number of carbonyl (C=O) groups excluding carboxylic acids is 1. The van der Waals surface area contributed by atoms with Crippen molar-refractivity contribution in [3.63, 3.8) is 0 Å². The minimum atomic E-state index is -0.173. The van der Waals surface area contributed by atoms with Crippen LogP contribution in [0.4, 0.5) is 5.69 Å². The monoisotopic (exact) mass is 398 g/mol. The molecule has 0 aromatic heterocycles. The zero-order valence-corrected chi connectivity index (χ0v) is 17.2. The van der Waals surface area contributed by atoms with Gasteiger partial charge in [0.05, 0.1) is 0 Å². The molecule has 2 aromatic rings. The molecule has 2 saturated heterocycles. The van der Waals surface area contributed by atoms with Crippen molar-refractivity contribution >= 4 is 23.2 Å². The van der Waals surface area contributed by atoms with Crippen molar-refractivity contribution in [2.24, 2.45) is 0 Å². The first kappa shape index (κ1) is 19.2. The molecule has 5 nitrogen and oxygen atoms in total. The van der Waals surface area contributed by atoms with Gasteiger partial charge >= 0.3 is 0 Å². The van der Waals surface area contributed by atoms with Gasteiger partial charge < -0.3 is 9.80 Å². The van der Waals surface area contributed by atoms with Crippen LogP contribution in [-0.2, 0) is 4.79 Å². The Hall–Kier alpha value is -2.08. The molecule has 28 heavy (non-hydrogen) atoms. The molecule has 2 fully saturated rings. The van der Waals surface area contributed by atoms with Gasteiger partial charge in [0.15, 0.2) is 0 Å². The van der Waals surface area contributed by atoms with Crippen molar-refractivity contribution in [2.75, 3.05) is 31.1 Å². The average Bonchev–Trinajstić information content (AvgIpc) is 3.18. The summed E-state index contributed by atoms with van der Waals surface area (Å²) in [5.41, 5.74) is 11.5. The molecular formula is C22H27ClN4O. The highest BCUT2D eigenvalue weighted by atomic mass is 35.5. The largest absolute Gasteiger partial charge is 0.368 e. The van der Waals surface area contributed by atoms with Gasteiger partial charge in [-0.2, -0.15) is 0 Å². The molecule has 0 spiro atoms. The van der Waals surface area contributed by atoms with Gasteiger partial charge in [-0.3, -0.25) is 4.79 Å². The zero-order valence-electron chi connectivity index (χ0n) is 16.4. The number of carbonyl (C=O) groups is 1. The number of hydrazine groups is 1. The molecule has 0 saturated carbocycles. The van der Waals surface area contributed by atoms with E-state index in [1.54, 1.807) is 0 Å². The molecule has 0 radical (unpaired) electrons. The molecule has 2 atom stereocenters. The third kappa shape index (κ3) is 4.02. The molecule has 1 amide bonds. The highest BCUT2D eigenvalue weighted by molar-refractivity contribution is 6.30. The highest BCUT2D eigenvalue weighted by Gasteiger charge is 2.34. The highest BCUT2D eigenvalue weighted by Crippen LogP contribution is 2.27. The van der Waals surface area contributed by atoms with E-state index >= 15 is 0 Å². The van der Waals surface area contributed by atoms with E-state index in [9.17, 15) is 4.79 Å². The SMILES string of the molecule is Cc1ccc(C2CC(C(=O)N3CCN(c4ccc(Cl)cc4)CC3)NN2)c(C)c1. The molecule has 6 heteroatoms. The molecule has 2 aliphatic heterocycles. The van der Waals surface area contributed by atoms with E-state index in [1.807, 2.05) is 29.2 Å². The molecule has 2 unspecified atom stereocenters. The summed E-state index contributed by atoms with van der Waals surface area (Å²) >= 11 is 5.98. The summed E-state index contributed by atoms with van der Waals surface area (Å²) in [5, 5.41) is 0.746. The van der Waals surface area contributed by atoms with Gasteiger partial charge in [-0.05, 0) is 55.7 Å². The quantitative estimate of drug-likeness (QED) is 0.833. The van der Waals surface area contributed by atoms with Crippen molar-refractivity contribution in [1.29, 1.82) is 0 Å². The van der Waals surface area contributed by atoms with Gasteiger partial charge in [-0.25, -0.2) is 10.9 Å². The number of nitrogens with one attached hydrogen (secondary N) is 2. The molecular weight excluding hydrogens is 372 g/mol. The number of rotatable bonds is 3. The van der Waals surface area contributed by atoms with Crippen LogP contribution in [0.5, 0.6) is 0 Å².